The molecule has 0 bridgehead atoms. The highest BCUT2D eigenvalue weighted by Crippen LogP contribution is 2.30. The molecule has 0 saturated carbocycles. The van der Waals surface area contributed by atoms with E-state index in [9.17, 15) is 19.2 Å². The maximum Gasteiger partial charge on any atom is 0.241 e. The van der Waals surface area contributed by atoms with Crippen molar-refractivity contribution in [3.63, 3.8) is 0 Å². The van der Waals surface area contributed by atoms with Crippen LogP contribution in [0, 0.1) is 0 Å². The summed E-state index contributed by atoms with van der Waals surface area (Å²) in [6.07, 6.45) is 2.67. The second-order valence-electron chi connectivity index (χ2n) is 13.5. The van der Waals surface area contributed by atoms with Gasteiger partial charge in [0.2, 0.25) is 23.6 Å². The average Bonchev–Trinajstić information content (AvgIpc) is 3.06. The average molecular weight is 740 g/mol. The van der Waals surface area contributed by atoms with E-state index in [1.54, 1.807) is 26.5 Å². The van der Waals surface area contributed by atoms with Crippen LogP contribution >= 0.6 is 21.6 Å². The highest BCUT2D eigenvalue weighted by atomic mass is 33.1. The lowest BCUT2D eigenvalue weighted by Gasteiger charge is -2.31. The van der Waals surface area contributed by atoms with Crippen molar-refractivity contribution in [3.05, 3.63) is 65.2 Å². The van der Waals surface area contributed by atoms with Crippen LogP contribution in [0.3, 0.4) is 0 Å². The van der Waals surface area contributed by atoms with E-state index in [2.05, 4.69) is 34.6 Å². The van der Waals surface area contributed by atoms with E-state index < -0.39 is 5.54 Å². The van der Waals surface area contributed by atoms with Gasteiger partial charge in [-0.1, -0.05) is 64.1 Å². The SMILES string of the molecule is CCNC(=O)CN=C1/C(=N\N)c2ccccc2N(C(=O)CCC(=O)NC(C)(C)CCOC(C)(C)CCSSCCCC(N)=O)Cc2ccccc21. The molecule has 3 rings (SSSR count). The van der Waals surface area contributed by atoms with E-state index in [-0.39, 0.29) is 55.2 Å². The summed E-state index contributed by atoms with van der Waals surface area (Å²) in [6.45, 7) is 11.0. The van der Waals surface area contributed by atoms with Crippen LogP contribution in [-0.4, -0.2) is 77.4 Å². The third-order valence-electron chi connectivity index (χ3n) is 8.25. The van der Waals surface area contributed by atoms with E-state index >= 15 is 0 Å². The number of nitrogens with one attached hydrogen (secondary N) is 2. The van der Waals surface area contributed by atoms with Crippen molar-refractivity contribution in [2.24, 2.45) is 21.7 Å². The number of rotatable bonds is 19. The first-order chi connectivity index (χ1) is 24.3. The summed E-state index contributed by atoms with van der Waals surface area (Å²) >= 11 is 0. The maximum absolute atomic E-state index is 13.9. The van der Waals surface area contributed by atoms with Crippen molar-refractivity contribution in [1.29, 1.82) is 0 Å². The molecule has 0 unspecified atom stereocenters. The van der Waals surface area contributed by atoms with Crippen molar-refractivity contribution >= 4 is 62.3 Å². The van der Waals surface area contributed by atoms with Crippen LogP contribution in [0.2, 0.25) is 0 Å². The molecule has 0 atom stereocenters. The molecule has 1 aliphatic rings. The Balaban J connectivity index is 1.61. The van der Waals surface area contributed by atoms with Gasteiger partial charge in [0.15, 0.2) is 0 Å². The molecular formula is C37H53N7O5S2. The van der Waals surface area contributed by atoms with Crippen LogP contribution < -0.4 is 27.1 Å². The molecule has 51 heavy (non-hydrogen) atoms. The van der Waals surface area contributed by atoms with Gasteiger partial charge in [-0.05, 0) is 65.5 Å². The van der Waals surface area contributed by atoms with Gasteiger partial charge in [-0.2, -0.15) is 5.10 Å². The van der Waals surface area contributed by atoms with Crippen molar-refractivity contribution in [2.75, 3.05) is 36.1 Å². The number of carbonyl (C=O) groups excluding carboxylic acids is 4. The van der Waals surface area contributed by atoms with Crippen LogP contribution in [0.15, 0.2) is 58.6 Å². The molecule has 0 fully saturated rings. The Kier molecular flexibility index (Phi) is 16.5. The largest absolute Gasteiger partial charge is 0.375 e. The lowest BCUT2D eigenvalue weighted by molar-refractivity contribution is -0.126. The minimum atomic E-state index is -0.538. The molecule has 0 radical (unpaired) electrons. The number of carbonyl (C=O) groups is 4. The molecule has 0 spiro atoms. The predicted octanol–water partition coefficient (Wildman–Crippen LogP) is 4.72. The van der Waals surface area contributed by atoms with Crippen LogP contribution in [0.4, 0.5) is 5.69 Å². The van der Waals surface area contributed by atoms with E-state index in [4.69, 9.17) is 16.3 Å². The van der Waals surface area contributed by atoms with Crippen molar-refractivity contribution in [1.82, 2.24) is 10.6 Å². The topological polar surface area (TPSA) is 182 Å². The summed E-state index contributed by atoms with van der Waals surface area (Å²) < 4.78 is 6.19. The fourth-order valence-corrected chi connectivity index (χ4v) is 7.83. The van der Waals surface area contributed by atoms with Gasteiger partial charge in [0.25, 0.3) is 0 Å². The van der Waals surface area contributed by atoms with E-state index in [1.807, 2.05) is 69.3 Å². The molecule has 278 valence electrons. The molecular weight excluding hydrogens is 687 g/mol. The van der Waals surface area contributed by atoms with Crippen LogP contribution in [0.5, 0.6) is 0 Å². The number of amides is 4. The third-order valence-corrected chi connectivity index (χ3v) is 10.7. The first-order valence-corrected chi connectivity index (χ1v) is 19.8. The molecule has 6 N–H and O–H groups in total. The van der Waals surface area contributed by atoms with Crippen molar-refractivity contribution < 1.29 is 23.9 Å². The number of fused-ring (bicyclic) bond motifs is 2. The summed E-state index contributed by atoms with van der Waals surface area (Å²) in [6, 6.07) is 14.8. The minimum Gasteiger partial charge on any atom is -0.375 e. The fraction of sp³-hybridized carbons (Fsp3) is 0.514. The van der Waals surface area contributed by atoms with E-state index in [0.717, 1.165) is 35.5 Å². The third kappa shape index (κ3) is 13.6. The zero-order chi connectivity index (χ0) is 37.4. The quantitative estimate of drug-likeness (QED) is 0.0691. The van der Waals surface area contributed by atoms with Crippen LogP contribution in [0.1, 0.15) is 89.8 Å². The molecule has 0 aromatic heterocycles. The number of hydrazone groups is 1. The molecule has 0 aliphatic carbocycles. The number of hydrogen-bond donors (Lipinski definition) is 4. The molecule has 0 saturated heterocycles. The van der Waals surface area contributed by atoms with Gasteiger partial charge >= 0.3 is 0 Å². The van der Waals surface area contributed by atoms with Crippen LogP contribution in [-0.2, 0) is 30.5 Å². The zero-order valence-corrected chi connectivity index (χ0v) is 32.1. The number of aliphatic imine (C=N–C) groups is 1. The van der Waals surface area contributed by atoms with E-state index in [1.165, 1.54) is 0 Å². The normalized spacial score (nSPS) is 14.7. The number of nitrogens with zero attached hydrogens (tertiary/aromatic N) is 3. The molecule has 2 aromatic carbocycles. The second kappa shape index (κ2) is 20.2. The Morgan fingerprint density at radius 3 is 2.27 bits per heavy atom. The Hall–Kier alpha value is -3.88. The predicted molar refractivity (Wildman–Crippen MR) is 209 cm³/mol. The summed E-state index contributed by atoms with van der Waals surface area (Å²) in [5.41, 5.74) is 7.88. The lowest BCUT2D eigenvalue weighted by atomic mass is 9.91. The molecule has 14 heteroatoms. The summed E-state index contributed by atoms with van der Waals surface area (Å²) in [5, 5.41) is 9.94. The van der Waals surface area contributed by atoms with Gasteiger partial charge in [0.05, 0.1) is 23.5 Å². The minimum absolute atomic E-state index is 0.00656. The summed E-state index contributed by atoms with van der Waals surface area (Å²) in [7, 11) is 3.50. The molecule has 1 aliphatic heterocycles. The zero-order valence-electron chi connectivity index (χ0n) is 30.5. The molecule has 1 heterocycles. The number of hydrogen-bond acceptors (Lipinski definition) is 10. The van der Waals surface area contributed by atoms with Gasteiger partial charge in [-0.15, -0.1) is 0 Å². The van der Waals surface area contributed by atoms with Gasteiger partial charge in [-0.3, -0.25) is 24.2 Å². The van der Waals surface area contributed by atoms with Crippen LogP contribution in [0.25, 0.3) is 0 Å². The molecule has 2 aromatic rings. The smallest absolute Gasteiger partial charge is 0.241 e. The number of likely N-dealkylation sites (N-methyl/N-ethyl adjacent to an activating group) is 1. The lowest BCUT2D eigenvalue weighted by Crippen LogP contribution is -2.45. The number of nitrogens with two attached hydrogens (primary N) is 2. The van der Waals surface area contributed by atoms with E-state index in [0.29, 0.717) is 48.7 Å². The second-order valence-corrected chi connectivity index (χ2v) is 16.2. The first-order valence-electron chi connectivity index (χ1n) is 17.3. The van der Waals surface area contributed by atoms with Crippen molar-refractivity contribution in [2.45, 2.75) is 90.8 Å². The number of primary amides is 1. The van der Waals surface area contributed by atoms with Crippen molar-refractivity contribution in [3.8, 4) is 0 Å². The Morgan fingerprint density at radius 2 is 1.57 bits per heavy atom. The van der Waals surface area contributed by atoms with Gasteiger partial charge in [-0.25, -0.2) is 0 Å². The molecule has 4 amide bonds. The first kappa shape index (κ1) is 41.5. The highest BCUT2D eigenvalue weighted by molar-refractivity contribution is 8.76. The fourth-order valence-electron chi connectivity index (χ4n) is 5.45. The highest BCUT2D eigenvalue weighted by Gasteiger charge is 2.30. The Labute approximate surface area is 309 Å². The van der Waals surface area contributed by atoms with Gasteiger partial charge in [0, 0.05) is 60.6 Å². The number of para-hydroxylation sites is 1. The number of ether oxygens (including phenoxy) is 1. The summed E-state index contributed by atoms with van der Waals surface area (Å²) in [4.78, 5) is 56.5. The van der Waals surface area contributed by atoms with Gasteiger partial charge in [0.1, 0.15) is 12.3 Å². The monoisotopic (exact) mass is 739 g/mol. The number of benzene rings is 2. The van der Waals surface area contributed by atoms with Gasteiger partial charge < -0.3 is 31.8 Å². The Bertz CT molecular complexity index is 1580. The number of anilines is 1. The maximum atomic E-state index is 13.9. The Morgan fingerprint density at radius 1 is 0.882 bits per heavy atom. The standard InChI is InChI=1S/C37H53N7O5S2/c1-6-40-32(47)24-41-34-27-13-8-7-12-26(27)25-44(29-15-10-9-14-28(29)35(34)43-39)33(48)18-17-31(46)42-36(2,3)19-21-49-37(4,5)20-23-51-50-22-11-16-30(38)45/h7-10,12-15H,6,11,16-25,39H2,1-5H3,(H2,38,45)(H,40,47)(H,42,46)/b41-34?,43-35-. The summed E-state index contributed by atoms with van der Waals surface area (Å²) in [5.74, 6) is 6.84. The molecule has 12 nitrogen and oxygen atoms in total.